The van der Waals surface area contributed by atoms with Gasteiger partial charge in [0.05, 0.1) is 1.37 Å². The Morgan fingerprint density at radius 1 is 1.13 bits per heavy atom. The van der Waals surface area contributed by atoms with Gasteiger partial charge in [0.1, 0.15) is 0 Å². The van der Waals surface area contributed by atoms with Crippen LogP contribution in [0.1, 0.15) is 33.6 Å². The summed E-state index contributed by atoms with van der Waals surface area (Å²) in [5, 5.41) is 0. The van der Waals surface area contributed by atoms with Crippen LogP contribution in [0.3, 0.4) is 0 Å². The second-order valence-corrected chi connectivity index (χ2v) is 3.67. The van der Waals surface area contributed by atoms with E-state index >= 15 is 0 Å². The molecule has 0 fully saturated rings. The molecule has 0 atom stereocenters. The van der Waals surface area contributed by atoms with Crippen molar-refractivity contribution in [2.24, 2.45) is 0 Å². The Balaban J connectivity index is 2.73. The van der Waals surface area contributed by atoms with E-state index in [0.29, 0.717) is 6.18 Å². The van der Waals surface area contributed by atoms with Crippen molar-refractivity contribution >= 4 is 6.08 Å². The molecule has 0 aliphatic carbocycles. The lowest BCUT2D eigenvalue weighted by Crippen LogP contribution is -2.18. The summed E-state index contributed by atoms with van der Waals surface area (Å²) in [5.74, 6) is 0. The Hall–Kier alpha value is -1.24. The van der Waals surface area contributed by atoms with Gasteiger partial charge in [-0.15, -0.1) is 0 Å². The Bertz CT molecular complexity index is 313. The van der Waals surface area contributed by atoms with Gasteiger partial charge in [-0.2, -0.15) is 0 Å². The van der Waals surface area contributed by atoms with E-state index in [9.17, 15) is 0 Å². The molecule has 1 heteroatoms. The van der Waals surface area contributed by atoms with Crippen molar-refractivity contribution in [2.45, 2.75) is 26.7 Å². The molecule has 82 valence electrons. The molecule has 0 aromatic heterocycles. The third kappa shape index (κ3) is 4.68. The smallest absolute Gasteiger partial charge is 0.0814 e. The van der Waals surface area contributed by atoms with E-state index in [1.54, 1.807) is 0 Å². The van der Waals surface area contributed by atoms with E-state index in [0.717, 1.165) is 31.5 Å². The van der Waals surface area contributed by atoms with E-state index in [1.807, 2.05) is 36.4 Å². The molecule has 15 heavy (non-hydrogen) atoms. The molecule has 1 rings (SSSR count). The maximum atomic E-state index is 8.06. The minimum Gasteiger partial charge on any atom is -0.377 e. The van der Waals surface area contributed by atoms with Gasteiger partial charge in [-0.1, -0.05) is 44.2 Å². The number of benzene rings is 1. The topological polar surface area (TPSA) is 3.24 Å². The SMILES string of the molecule is [2H]/C(=C\c1ccccc1)N(CCC)CCC. The van der Waals surface area contributed by atoms with Gasteiger partial charge >= 0.3 is 0 Å². The second kappa shape index (κ2) is 7.10. The summed E-state index contributed by atoms with van der Waals surface area (Å²) >= 11 is 0. The zero-order chi connectivity index (χ0) is 11.8. The molecule has 0 saturated heterocycles. The van der Waals surface area contributed by atoms with Crippen LogP contribution in [0.4, 0.5) is 0 Å². The van der Waals surface area contributed by atoms with Gasteiger partial charge in [-0.25, -0.2) is 0 Å². The molecule has 1 aromatic rings. The fourth-order valence-corrected chi connectivity index (χ4v) is 1.50. The molecule has 0 unspecified atom stereocenters. The highest BCUT2D eigenvalue weighted by molar-refractivity contribution is 5.48. The van der Waals surface area contributed by atoms with Crippen molar-refractivity contribution in [1.29, 1.82) is 0 Å². The normalized spacial score (nSPS) is 12.4. The highest BCUT2D eigenvalue weighted by atomic mass is 15.1. The van der Waals surface area contributed by atoms with Crippen LogP contribution in [0, 0.1) is 0 Å². The third-order valence-corrected chi connectivity index (χ3v) is 2.20. The highest BCUT2D eigenvalue weighted by Gasteiger charge is 1.94. The summed E-state index contributed by atoms with van der Waals surface area (Å²) < 4.78 is 8.06. The van der Waals surface area contributed by atoms with Gasteiger partial charge in [-0.3, -0.25) is 0 Å². The number of nitrogens with zero attached hydrogens (tertiary/aromatic N) is 1. The highest BCUT2D eigenvalue weighted by Crippen LogP contribution is 2.03. The monoisotopic (exact) mass is 204 g/mol. The Kier molecular flexibility index (Phi) is 4.87. The van der Waals surface area contributed by atoms with Crippen LogP contribution in [-0.4, -0.2) is 18.0 Å². The maximum Gasteiger partial charge on any atom is 0.0814 e. The first-order valence-electron chi connectivity index (χ1n) is 6.26. The average Bonchev–Trinajstić information content (AvgIpc) is 2.30. The Morgan fingerprint density at radius 2 is 1.73 bits per heavy atom. The first-order valence-corrected chi connectivity index (χ1v) is 5.76. The van der Waals surface area contributed by atoms with Gasteiger partial charge in [0.25, 0.3) is 0 Å². The molecule has 0 spiro atoms. The van der Waals surface area contributed by atoms with Crippen molar-refractivity contribution in [2.75, 3.05) is 13.1 Å². The largest absolute Gasteiger partial charge is 0.377 e. The summed E-state index contributed by atoms with van der Waals surface area (Å²) in [6, 6.07) is 10.1. The molecule has 1 aromatic carbocycles. The summed E-state index contributed by atoms with van der Waals surface area (Å²) in [7, 11) is 0. The first kappa shape index (κ1) is 10.3. The van der Waals surface area contributed by atoms with E-state index < -0.39 is 0 Å². The molecule has 0 saturated carbocycles. The predicted molar refractivity (Wildman–Crippen MR) is 67.6 cm³/mol. The lowest BCUT2D eigenvalue weighted by Gasteiger charge is -2.18. The predicted octanol–water partition coefficient (Wildman–Crippen LogP) is 3.78. The van der Waals surface area contributed by atoms with Gasteiger partial charge in [0.2, 0.25) is 0 Å². The first-order chi connectivity index (χ1) is 7.77. The van der Waals surface area contributed by atoms with Crippen LogP contribution in [0.25, 0.3) is 6.08 Å². The standard InChI is InChI=1S/C14H21N/c1-3-11-15(12-4-2)13-10-14-8-6-5-7-9-14/h5-10,13H,3-4,11-12H2,1-2H3/b13-10+/i13D. The van der Waals surface area contributed by atoms with Crippen molar-refractivity contribution in [3.05, 3.63) is 42.1 Å². The van der Waals surface area contributed by atoms with Crippen LogP contribution in [0.15, 0.2) is 36.5 Å². The fourth-order valence-electron chi connectivity index (χ4n) is 1.50. The molecule has 0 amide bonds. The molecule has 0 aliphatic rings. The number of hydrogen-bond acceptors (Lipinski definition) is 1. The van der Waals surface area contributed by atoms with Crippen LogP contribution < -0.4 is 0 Å². The van der Waals surface area contributed by atoms with Crippen LogP contribution in [-0.2, 0) is 0 Å². The summed E-state index contributed by atoms with van der Waals surface area (Å²) in [6.07, 6.45) is 4.73. The zero-order valence-corrected chi connectivity index (χ0v) is 9.74. The average molecular weight is 204 g/mol. The molecule has 0 aliphatic heterocycles. The lowest BCUT2D eigenvalue weighted by molar-refractivity contribution is 0.378. The zero-order valence-electron chi connectivity index (χ0n) is 10.7. The van der Waals surface area contributed by atoms with Gasteiger partial charge in [0.15, 0.2) is 0 Å². The molecular formula is C14H21N. The summed E-state index contributed by atoms with van der Waals surface area (Å²) in [4.78, 5) is 2.13. The quantitative estimate of drug-likeness (QED) is 0.681. The molecule has 0 bridgehead atoms. The molecular weight excluding hydrogens is 182 g/mol. The summed E-state index contributed by atoms with van der Waals surface area (Å²) in [6.45, 7) is 6.24. The van der Waals surface area contributed by atoms with E-state index in [4.69, 9.17) is 1.37 Å². The van der Waals surface area contributed by atoms with Crippen molar-refractivity contribution in [3.8, 4) is 0 Å². The van der Waals surface area contributed by atoms with Crippen molar-refractivity contribution in [1.82, 2.24) is 4.90 Å². The van der Waals surface area contributed by atoms with Crippen LogP contribution in [0.2, 0.25) is 0 Å². The fraction of sp³-hybridized carbons (Fsp3) is 0.429. The van der Waals surface area contributed by atoms with E-state index in [1.165, 1.54) is 0 Å². The van der Waals surface area contributed by atoms with E-state index in [-0.39, 0.29) is 0 Å². The Labute approximate surface area is 94.8 Å². The van der Waals surface area contributed by atoms with Gasteiger partial charge < -0.3 is 4.90 Å². The van der Waals surface area contributed by atoms with Gasteiger partial charge in [0, 0.05) is 13.1 Å². The lowest BCUT2D eigenvalue weighted by atomic mass is 10.2. The molecule has 0 radical (unpaired) electrons. The minimum atomic E-state index is 0.620. The number of rotatable bonds is 6. The van der Waals surface area contributed by atoms with Gasteiger partial charge in [-0.05, 0) is 30.7 Å². The maximum absolute atomic E-state index is 8.06. The number of hydrogen-bond donors (Lipinski definition) is 0. The molecule has 1 nitrogen and oxygen atoms in total. The van der Waals surface area contributed by atoms with E-state index in [2.05, 4.69) is 18.7 Å². The summed E-state index contributed by atoms with van der Waals surface area (Å²) in [5.41, 5.74) is 1.10. The van der Waals surface area contributed by atoms with Crippen molar-refractivity contribution < 1.29 is 1.37 Å². The third-order valence-electron chi connectivity index (χ3n) is 2.20. The van der Waals surface area contributed by atoms with Crippen LogP contribution in [0.5, 0.6) is 0 Å². The minimum absolute atomic E-state index is 0.620. The molecule has 0 heterocycles. The van der Waals surface area contributed by atoms with Crippen LogP contribution >= 0.6 is 0 Å². The van der Waals surface area contributed by atoms with Crippen molar-refractivity contribution in [3.63, 3.8) is 0 Å². The second-order valence-electron chi connectivity index (χ2n) is 3.67. The molecule has 0 N–H and O–H groups in total. The Morgan fingerprint density at radius 3 is 2.27 bits per heavy atom.